The Morgan fingerprint density at radius 3 is 1.25 bits per heavy atom. The maximum absolute atomic E-state index is 12.8. The quantitative estimate of drug-likeness (QED) is 0.0285. The Kier molecular flexibility index (Phi) is 39.7. The Labute approximate surface area is 346 Å². The molecule has 4 N–H and O–H groups in total. The van der Waals surface area contributed by atoms with Crippen LogP contribution in [0, 0.1) is 0 Å². The summed E-state index contributed by atoms with van der Waals surface area (Å²) in [7, 11) is 0. The van der Waals surface area contributed by atoms with Crippen molar-refractivity contribution in [1.82, 2.24) is 10.6 Å². The highest BCUT2D eigenvalue weighted by molar-refractivity contribution is 5.84. The van der Waals surface area contributed by atoms with Gasteiger partial charge in [-0.1, -0.05) is 135 Å². The summed E-state index contributed by atoms with van der Waals surface area (Å²) in [5.74, 6) is -0.948. The van der Waals surface area contributed by atoms with Crippen molar-refractivity contribution in [3.05, 3.63) is 122 Å². The van der Waals surface area contributed by atoms with E-state index in [1.807, 2.05) is 0 Å². The van der Waals surface area contributed by atoms with E-state index in [2.05, 4.69) is 146 Å². The van der Waals surface area contributed by atoms with E-state index in [0.717, 1.165) is 83.5 Å². The van der Waals surface area contributed by atoms with Gasteiger partial charge < -0.3 is 25.6 Å². The van der Waals surface area contributed by atoms with Gasteiger partial charge in [0, 0.05) is 19.4 Å². The number of amides is 2. The maximum atomic E-state index is 12.8. The third-order valence-corrected chi connectivity index (χ3v) is 8.42. The molecular formula is C49H76N2O6. The first-order chi connectivity index (χ1) is 28.0. The summed E-state index contributed by atoms with van der Waals surface area (Å²) in [4.78, 5) is 37.7. The normalized spacial score (nSPS) is 13.4. The Morgan fingerprint density at radius 1 is 0.491 bits per heavy atom. The second kappa shape index (κ2) is 42.9. The van der Waals surface area contributed by atoms with E-state index >= 15 is 0 Å². The van der Waals surface area contributed by atoms with Crippen LogP contribution >= 0.6 is 0 Å². The fourth-order valence-electron chi connectivity index (χ4n) is 5.18. The lowest BCUT2D eigenvalue weighted by Crippen LogP contribution is -2.44. The van der Waals surface area contributed by atoms with E-state index in [1.165, 1.54) is 0 Å². The van der Waals surface area contributed by atoms with Crippen LogP contribution in [0.25, 0.3) is 0 Å². The minimum Gasteiger partial charge on any atom is -0.456 e. The molecule has 0 heterocycles. The number of carbonyl (C=O) groups excluding carboxylic acids is 3. The Morgan fingerprint density at radius 2 is 0.860 bits per heavy atom. The van der Waals surface area contributed by atoms with Crippen molar-refractivity contribution in [1.29, 1.82) is 0 Å². The molecule has 0 aromatic carbocycles. The molecule has 8 heteroatoms. The topological polar surface area (TPSA) is 125 Å². The molecule has 0 aromatic heterocycles. The van der Waals surface area contributed by atoms with Crippen molar-refractivity contribution in [2.24, 2.45) is 0 Å². The monoisotopic (exact) mass is 789 g/mol. The molecule has 2 amide bonds. The molecule has 1 atom stereocenters. The van der Waals surface area contributed by atoms with Crippen LogP contribution in [-0.4, -0.2) is 59.9 Å². The van der Waals surface area contributed by atoms with Gasteiger partial charge in [0.05, 0.1) is 13.2 Å². The molecule has 0 bridgehead atoms. The molecule has 0 radical (unpaired) electrons. The number of aliphatic hydroxyl groups is 2. The van der Waals surface area contributed by atoms with Gasteiger partial charge in [-0.15, -0.1) is 0 Å². The summed E-state index contributed by atoms with van der Waals surface area (Å²) >= 11 is 0. The molecule has 0 aliphatic heterocycles. The molecule has 0 aliphatic rings. The lowest BCUT2D eigenvalue weighted by molar-refractivity contribution is -0.157. The number of allylic oxidation sites excluding steroid dienone is 20. The molecule has 57 heavy (non-hydrogen) atoms. The highest BCUT2D eigenvalue weighted by Gasteiger charge is 2.24. The first kappa shape index (κ1) is 52.7. The molecule has 0 saturated carbocycles. The van der Waals surface area contributed by atoms with E-state index in [1.54, 1.807) is 0 Å². The number of nitrogens with one attached hydrogen (secondary N) is 2. The van der Waals surface area contributed by atoms with Gasteiger partial charge in [-0.05, 0) is 109 Å². The highest BCUT2D eigenvalue weighted by atomic mass is 16.6. The average molecular weight is 789 g/mol. The van der Waals surface area contributed by atoms with E-state index < -0.39 is 31.3 Å². The zero-order chi connectivity index (χ0) is 41.7. The standard InChI is InChI=1S/C49H76N2O6/c1-3-5-7-9-11-13-15-17-19-21-23-25-27-29-31-33-35-40-47(54)50-42-38-37-39-46(49(56)57-45(43-52)44-53)51-48(55)41-36-34-32-30-28-26-24-22-20-18-16-14-12-10-8-6-4-2/h5-8,11-14,17-20,23-26,29-32,45-46,52-53H,3-4,9-10,15-16,21-22,27-28,33-44H2,1-2H3,(H,50,54)(H,51,55)/b7-5-,8-6+,13-11-,14-12-,19-17-,20-18-,25-23-,26-24-,31-29-,32-30-/t46-/m0/s1. The van der Waals surface area contributed by atoms with E-state index in [4.69, 9.17) is 4.74 Å². The summed E-state index contributed by atoms with van der Waals surface area (Å²) in [6.07, 6.45) is 56.9. The third kappa shape index (κ3) is 38.4. The number of unbranched alkanes of at least 4 members (excludes halogenated alkanes) is 3. The summed E-state index contributed by atoms with van der Waals surface area (Å²) < 4.78 is 5.20. The highest BCUT2D eigenvalue weighted by Crippen LogP contribution is 2.08. The number of ether oxygens (including phenoxy) is 1. The SMILES string of the molecule is CC/C=C\C/C=C\C/C=C\C/C=C\C/C=C\CCCC(=O)NCCCC[C@H](NC(=O)CCC/C=C\C/C=C\C/C=C\C/C=C\C/C=C/CC)C(=O)OC(CO)CO. The molecule has 0 fully saturated rings. The molecule has 318 valence electrons. The van der Waals surface area contributed by atoms with Crippen LogP contribution < -0.4 is 10.6 Å². The zero-order valence-corrected chi connectivity index (χ0v) is 35.3. The maximum Gasteiger partial charge on any atom is 0.329 e. The van der Waals surface area contributed by atoms with Gasteiger partial charge in [0.25, 0.3) is 0 Å². The van der Waals surface area contributed by atoms with Crippen LogP contribution in [0.2, 0.25) is 0 Å². The third-order valence-electron chi connectivity index (χ3n) is 8.42. The predicted molar refractivity (Wildman–Crippen MR) is 239 cm³/mol. The van der Waals surface area contributed by atoms with Crippen molar-refractivity contribution in [2.45, 2.75) is 148 Å². The van der Waals surface area contributed by atoms with Gasteiger partial charge in [-0.3, -0.25) is 9.59 Å². The summed E-state index contributed by atoms with van der Waals surface area (Å²) in [5, 5.41) is 24.4. The van der Waals surface area contributed by atoms with Crippen LogP contribution in [0.15, 0.2) is 122 Å². The lowest BCUT2D eigenvalue weighted by atomic mass is 10.1. The van der Waals surface area contributed by atoms with Gasteiger partial charge in [0.15, 0.2) is 0 Å². The Balaban J connectivity index is 4.29. The summed E-state index contributed by atoms with van der Waals surface area (Å²) in [5.41, 5.74) is 0. The number of esters is 1. The number of hydrogen-bond donors (Lipinski definition) is 4. The predicted octanol–water partition coefficient (Wildman–Crippen LogP) is 10.5. The van der Waals surface area contributed by atoms with Crippen molar-refractivity contribution in [3.63, 3.8) is 0 Å². The van der Waals surface area contributed by atoms with Gasteiger partial charge >= 0.3 is 5.97 Å². The van der Waals surface area contributed by atoms with E-state index in [9.17, 15) is 24.6 Å². The molecule has 0 saturated heterocycles. The fraction of sp³-hybridized carbons (Fsp3) is 0.531. The van der Waals surface area contributed by atoms with Gasteiger partial charge in [0.1, 0.15) is 12.1 Å². The average Bonchev–Trinajstić information content (AvgIpc) is 3.21. The number of aliphatic hydroxyl groups excluding tert-OH is 2. The fourth-order valence-corrected chi connectivity index (χ4v) is 5.18. The largest absolute Gasteiger partial charge is 0.456 e. The molecule has 0 aromatic rings. The number of hydrogen-bond acceptors (Lipinski definition) is 6. The Hall–Kier alpha value is -4.27. The Bertz CT molecular complexity index is 1300. The van der Waals surface area contributed by atoms with Crippen molar-refractivity contribution in [2.75, 3.05) is 19.8 Å². The van der Waals surface area contributed by atoms with Crippen LogP contribution in [0.5, 0.6) is 0 Å². The van der Waals surface area contributed by atoms with Gasteiger partial charge in [-0.25, -0.2) is 4.79 Å². The van der Waals surface area contributed by atoms with Gasteiger partial charge in [-0.2, -0.15) is 0 Å². The molecule has 0 spiro atoms. The van der Waals surface area contributed by atoms with Crippen LogP contribution in [0.3, 0.4) is 0 Å². The summed E-state index contributed by atoms with van der Waals surface area (Å²) in [6, 6.07) is -0.897. The smallest absolute Gasteiger partial charge is 0.329 e. The first-order valence-electron chi connectivity index (χ1n) is 21.5. The molecule has 0 unspecified atom stereocenters. The van der Waals surface area contributed by atoms with Crippen LogP contribution in [0.1, 0.15) is 136 Å². The van der Waals surface area contributed by atoms with Gasteiger partial charge in [0.2, 0.25) is 11.8 Å². The van der Waals surface area contributed by atoms with Crippen molar-refractivity contribution < 1.29 is 29.3 Å². The first-order valence-corrected chi connectivity index (χ1v) is 21.5. The lowest BCUT2D eigenvalue weighted by Gasteiger charge is -2.20. The second-order valence-corrected chi connectivity index (χ2v) is 13.6. The number of carbonyl (C=O) groups is 3. The molecular weight excluding hydrogens is 713 g/mol. The van der Waals surface area contributed by atoms with E-state index in [0.29, 0.717) is 38.6 Å². The van der Waals surface area contributed by atoms with Crippen molar-refractivity contribution >= 4 is 17.8 Å². The minimum absolute atomic E-state index is 0.00661. The summed E-state index contributed by atoms with van der Waals surface area (Å²) in [6.45, 7) is 3.73. The minimum atomic E-state index is -1.04. The van der Waals surface area contributed by atoms with Crippen molar-refractivity contribution in [3.8, 4) is 0 Å². The van der Waals surface area contributed by atoms with Crippen LogP contribution in [-0.2, 0) is 19.1 Å². The van der Waals surface area contributed by atoms with E-state index in [-0.39, 0.29) is 18.2 Å². The molecule has 0 rings (SSSR count). The molecule has 8 nitrogen and oxygen atoms in total. The number of rotatable bonds is 36. The second-order valence-electron chi connectivity index (χ2n) is 13.6. The van der Waals surface area contributed by atoms with Crippen LogP contribution in [0.4, 0.5) is 0 Å². The zero-order valence-electron chi connectivity index (χ0n) is 35.3. The molecule has 0 aliphatic carbocycles.